The van der Waals surface area contributed by atoms with Crippen molar-refractivity contribution >= 4 is 15.9 Å². The maximum Gasteiger partial charge on any atom is 0.227 e. The van der Waals surface area contributed by atoms with Crippen LogP contribution in [0.2, 0.25) is 0 Å². The lowest BCUT2D eigenvalue weighted by Crippen LogP contribution is -2.37. The van der Waals surface area contributed by atoms with E-state index in [1.54, 1.807) is 6.20 Å². The Hall–Kier alpha value is -1.27. The smallest absolute Gasteiger partial charge is 0.227 e. The molecule has 5 nitrogen and oxygen atoms in total. The second-order valence-electron chi connectivity index (χ2n) is 5.49. The highest BCUT2D eigenvalue weighted by Gasteiger charge is 2.26. The van der Waals surface area contributed by atoms with Crippen LogP contribution in [0.5, 0.6) is 0 Å². The number of hydrogen-bond acceptors (Lipinski definition) is 5. The van der Waals surface area contributed by atoms with E-state index in [0.717, 1.165) is 16.6 Å². The number of nitrogens with zero attached hydrogens (tertiary/aromatic N) is 3. The predicted molar refractivity (Wildman–Crippen MR) is 83.7 cm³/mol. The summed E-state index contributed by atoms with van der Waals surface area (Å²) < 4.78 is 6.30. The largest absolute Gasteiger partial charge is 0.339 e. The number of pyridine rings is 1. The van der Waals surface area contributed by atoms with E-state index >= 15 is 0 Å². The molecule has 2 atom stereocenters. The molecule has 2 unspecified atom stereocenters. The van der Waals surface area contributed by atoms with Gasteiger partial charge in [0.1, 0.15) is 5.69 Å². The average Bonchev–Trinajstić information content (AvgIpc) is 2.96. The summed E-state index contributed by atoms with van der Waals surface area (Å²) in [4.78, 5) is 8.80. The third-order valence-electron chi connectivity index (χ3n) is 4.16. The molecule has 2 aromatic heterocycles. The van der Waals surface area contributed by atoms with Crippen LogP contribution in [-0.4, -0.2) is 28.2 Å². The van der Waals surface area contributed by atoms with Crippen molar-refractivity contribution in [3.63, 3.8) is 0 Å². The van der Waals surface area contributed by atoms with E-state index < -0.39 is 0 Å². The molecule has 1 N–H and O–H groups in total. The molecular weight excluding hydrogens is 332 g/mol. The van der Waals surface area contributed by atoms with Gasteiger partial charge < -0.3 is 9.84 Å². The highest BCUT2D eigenvalue weighted by atomic mass is 79.9. The fourth-order valence-corrected chi connectivity index (χ4v) is 3.47. The Morgan fingerprint density at radius 3 is 3.05 bits per heavy atom. The van der Waals surface area contributed by atoms with Gasteiger partial charge in [-0.1, -0.05) is 18.0 Å². The highest BCUT2D eigenvalue weighted by molar-refractivity contribution is 9.10. The highest BCUT2D eigenvalue weighted by Crippen LogP contribution is 2.28. The molecule has 1 aliphatic carbocycles. The Bertz CT molecular complexity index is 601. The molecule has 1 fully saturated rings. The molecule has 0 aromatic carbocycles. The van der Waals surface area contributed by atoms with Crippen molar-refractivity contribution in [3.05, 3.63) is 28.7 Å². The summed E-state index contributed by atoms with van der Waals surface area (Å²) in [5, 5.41) is 7.48. The molecule has 0 saturated heterocycles. The van der Waals surface area contributed by atoms with E-state index in [-0.39, 0.29) is 0 Å². The first-order chi connectivity index (χ1) is 10.3. The first-order valence-electron chi connectivity index (χ1n) is 7.38. The summed E-state index contributed by atoms with van der Waals surface area (Å²) in [5.74, 6) is 1.83. The molecule has 112 valence electrons. The van der Waals surface area contributed by atoms with Crippen LogP contribution in [0.4, 0.5) is 0 Å². The van der Waals surface area contributed by atoms with Crippen molar-refractivity contribution in [1.82, 2.24) is 20.4 Å². The van der Waals surface area contributed by atoms with Gasteiger partial charge >= 0.3 is 0 Å². The molecule has 2 heterocycles. The Kier molecular flexibility index (Phi) is 4.65. The summed E-state index contributed by atoms with van der Waals surface area (Å²) in [6.07, 6.45) is 7.61. The first-order valence-corrected chi connectivity index (χ1v) is 8.18. The van der Waals surface area contributed by atoms with Gasteiger partial charge in [-0.05, 0) is 53.9 Å². The summed E-state index contributed by atoms with van der Waals surface area (Å²) in [5.41, 5.74) is 0.723. The minimum absolute atomic E-state index is 0.550. The first kappa shape index (κ1) is 14.7. The van der Waals surface area contributed by atoms with Crippen molar-refractivity contribution in [2.75, 3.05) is 7.05 Å². The Morgan fingerprint density at radius 2 is 2.24 bits per heavy atom. The van der Waals surface area contributed by atoms with E-state index in [2.05, 4.69) is 36.4 Å². The lowest BCUT2D eigenvalue weighted by atomic mass is 9.82. The Morgan fingerprint density at radius 1 is 1.38 bits per heavy atom. The van der Waals surface area contributed by atoms with Gasteiger partial charge in [0, 0.05) is 23.1 Å². The van der Waals surface area contributed by atoms with Crippen LogP contribution in [0.15, 0.2) is 27.3 Å². The number of nitrogens with one attached hydrogen (secondary N) is 1. The van der Waals surface area contributed by atoms with Crippen molar-refractivity contribution in [1.29, 1.82) is 0 Å². The molecule has 0 radical (unpaired) electrons. The third kappa shape index (κ3) is 3.32. The monoisotopic (exact) mass is 350 g/mol. The SMILES string of the molecule is CNC1CCCCC1Cc1nc(-c2ncccc2Br)no1. The fraction of sp³-hybridized carbons (Fsp3) is 0.533. The van der Waals surface area contributed by atoms with E-state index in [9.17, 15) is 0 Å². The van der Waals surface area contributed by atoms with Crippen molar-refractivity contribution in [2.24, 2.45) is 5.92 Å². The molecule has 21 heavy (non-hydrogen) atoms. The van der Waals surface area contributed by atoms with Gasteiger partial charge in [-0.25, -0.2) is 0 Å². The normalized spacial score (nSPS) is 22.4. The molecule has 0 bridgehead atoms. The van der Waals surface area contributed by atoms with Crippen LogP contribution < -0.4 is 5.32 Å². The molecular formula is C15H19BrN4O. The number of hydrogen-bond donors (Lipinski definition) is 1. The summed E-state index contributed by atoms with van der Waals surface area (Å²) in [6.45, 7) is 0. The van der Waals surface area contributed by atoms with Crippen LogP contribution in [0.25, 0.3) is 11.5 Å². The van der Waals surface area contributed by atoms with Crippen LogP contribution in [0, 0.1) is 5.92 Å². The molecule has 0 aliphatic heterocycles. The number of aromatic nitrogens is 3. The lowest BCUT2D eigenvalue weighted by Gasteiger charge is -2.30. The van der Waals surface area contributed by atoms with E-state index in [4.69, 9.17) is 4.52 Å². The molecule has 0 spiro atoms. The maximum absolute atomic E-state index is 5.42. The minimum atomic E-state index is 0.550. The van der Waals surface area contributed by atoms with Crippen molar-refractivity contribution < 1.29 is 4.52 Å². The predicted octanol–water partition coefficient (Wildman–Crippen LogP) is 3.21. The molecule has 0 amide bonds. The van der Waals surface area contributed by atoms with Gasteiger partial charge in [0.05, 0.1) is 0 Å². The van der Waals surface area contributed by atoms with Gasteiger partial charge in [0.2, 0.25) is 11.7 Å². The Balaban J connectivity index is 1.75. The summed E-state index contributed by atoms with van der Waals surface area (Å²) in [7, 11) is 2.03. The van der Waals surface area contributed by atoms with Gasteiger partial charge in [-0.2, -0.15) is 4.98 Å². The van der Waals surface area contributed by atoms with Crippen molar-refractivity contribution in [2.45, 2.75) is 38.1 Å². The zero-order valence-electron chi connectivity index (χ0n) is 12.1. The standard InChI is InChI=1S/C15H19BrN4O/c1-17-12-7-3-2-5-10(12)9-13-19-15(20-21-13)14-11(16)6-4-8-18-14/h4,6,8,10,12,17H,2-3,5,7,9H2,1H3. The van der Waals surface area contributed by atoms with E-state index in [0.29, 0.717) is 23.7 Å². The van der Waals surface area contributed by atoms with Crippen LogP contribution in [-0.2, 0) is 6.42 Å². The number of rotatable bonds is 4. The number of halogens is 1. The molecule has 1 aliphatic rings. The zero-order valence-corrected chi connectivity index (χ0v) is 13.6. The van der Waals surface area contributed by atoms with Gasteiger partial charge in [-0.15, -0.1) is 0 Å². The van der Waals surface area contributed by atoms with Crippen LogP contribution in [0.1, 0.15) is 31.6 Å². The second-order valence-corrected chi connectivity index (χ2v) is 6.34. The average molecular weight is 351 g/mol. The zero-order chi connectivity index (χ0) is 14.7. The van der Waals surface area contributed by atoms with Crippen molar-refractivity contribution in [3.8, 4) is 11.5 Å². The quantitative estimate of drug-likeness (QED) is 0.916. The van der Waals surface area contributed by atoms with Gasteiger partial charge in [0.25, 0.3) is 0 Å². The topological polar surface area (TPSA) is 63.8 Å². The summed E-state index contributed by atoms with van der Waals surface area (Å²) >= 11 is 3.47. The molecule has 6 heteroatoms. The lowest BCUT2D eigenvalue weighted by molar-refractivity contribution is 0.248. The van der Waals surface area contributed by atoms with Gasteiger partial charge in [0.15, 0.2) is 0 Å². The van der Waals surface area contributed by atoms with Crippen LogP contribution >= 0.6 is 15.9 Å². The molecule has 2 aromatic rings. The van der Waals surface area contributed by atoms with E-state index in [1.165, 1.54) is 25.7 Å². The van der Waals surface area contributed by atoms with Gasteiger partial charge in [-0.3, -0.25) is 4.98 Å². The van der Waals surface area contributed by atoms with Crippen LogP contribution in [0.3, 0.4) is 0 Å². The maximum atomic E-state index is 5.42. The minimum Gasteiger partial charge on any atom is -0.339 e. The van der Waals surface area contributed by atoms with E-state index in [1.807, 2.05) is 19.2 Å². The second kappa shape index (κ2) is 6.66. The fourth-order valence-electron chi connectivity index (χ4n) is 3.04. The third-order valence-corrected chi connectivity index (χ3v) is 4.79. The molecule has 1 saturated carbocycles. The molecule has 3 rings (SSSR count). The summed E-state index contributed by atoms with van der Waals surface area (Å²) in [6, 6.07) is 4.35. The Labute approximate surface area is 132 Å².